The fourth-order valence-electron chi connectivity index (χ4n) is 3.64. The summed E-state index contributed by atoms with van der Waals surface area (Å²) in [6.45, 7) is 2.18. The Bertz CT molecular complexity index is 1070. The van der Waals surface area contributed by atoms with Gasteiger partial charge < -0.3 is 14.2 Å². The molecule has 0 fully saturated rings. The third-order valence-corrected chi connectivity index (χ3v) is 4.95. The van der Waals surface area contributed by atoms with Crippen LogP contribution in [0.4, 0.5) is 17.2 Å². The quantitative estimate of drug-likeness (QED) is 0.499. The maximum absolute atomic E-state index is 6.21. The first-order chi connectivity index (χ1) is 11.8. The summed E-state index contributed by atoms with van der Waals surface area (Å²) in [5, 5.41) is 2.29. The van der Waals surface area contributed by atoms with Gasteiger partial charge in [-0.05, 0) is 31.2 Å². The summed E-state index contributed by atoms with van der Waals surface area (Å²) in [7, 11) is 2.10. The van der Waals surface area contributed by atoms with Crippen molar-refractivity contribution in [2.75, 3.05) is 16.8 Å². The van der Waals surface area contributed by atoms with E-state index in [1.807, 2.05) is 30.5 Å². The van der Waals surface area contributed by atoms with Crippen LogP contribution in [0.3, 0.4) is 0 Å². The molecule has 0 bridgehead atoms. The van der Waals surface area contributed by atoms with Crippen LogP contribution < -0.4 is 9.80 Å². The summed E-state index contributed by atoms with van der Waals surface area (Å²) in [6.07, 6.45) is 2.02. The third kappa shape index (κ3) is 1.65. The molecule has 2 aromatic carbocycles. The van der Waals surface area contributed by atoms with Crippen molar-refractivity contribution >= 4 is 39.1 Å². The van der Waals surface area contributed by atoms with Gasteiger partial charge in [0.2, 0.25) is 0 Å². The molecule has 2 aromatic heterocycles. The molecule has 24 heavy (non-hydrogen) atoms. The maximum Gasteiger partial charge on any atom is 0.159 e. The highest BCUT2D eigenvalue weighted by Gasteiger charge is 2.34. The number of para-hydroxylation sites is 2. The van der Waals surface area contributed by atoms with Crippen LogP contribution in [0.5, 0.6) is 0 Å². The molecule has 1 atom stereocenters. The highest BCUT2D eigenvalue weighted by molar-refractivity contribution is 6.09. The molecule has 0 saturated heterocycles. The zero-order valence-electron chi connectivity index (χ0n) is 13.6. The van der Waals surface area contributed by atoms with E-state index < -0.39 is 0 Å². The number of rotatable bonds is 1. The van der Waals surface area contributed by atoms with E-state index in [-0.39, 0.29) is 6.17 Å². The second-order valence-electron chi connectivity index (χ2n) is 6.21. The lowest BCUT2D eigenvalue weighted by Crippen LogP contribution is -2.35. The Morgan fingerprint density at radius 2 is 1.71 bits per heavy atom. The van der Waals surface area contributed by atoms with Gasteiger partial charge in [-0.1, -0.05) is 30.3 Å². The van der Waals surface area contributed by atoms with Crippen molar-refractivity contribution < 1.29 is 4.42 Å². The van der Waals surface area contributed by atoms with E-state index in [0.29, 0.717) is 0 Å². The van der Waals surface area contributed by atoms with Crippen molar-refractivity contribution in [2.45, 2.75) is 13.1 Å². The highest BCUT2D eigenvalue weighted by atomic mass is 16.3. The number of hydrogen-bond acceptors (Lipinski definition) is 4. The van der Waals surface area contributed by atoms with E-state index in [1.54, 1.807) is 0 Å². The molecule has 1 aliphatic rings. The molecule has 1 aliphatic heterocycles. The fourth-order valence-corrected chi connectivity index (χ4v) is 3.64. The molecule has 0 aliphatic carbocycles. The van der Waals surface area contributed by atoms with E-state index in [0.717, 1.165) is 39.1 Å². The van der Waals surface area contributed by atoms with Gasteiger partial charge >= 0.3 is 0 Å². The average molecular weight is 315 g/mol. The predicted molar refractivity (Wildman–Crippen MR) is 98.0 cm³/mol. The van der Waals surface area contributed by atoms with Gasteiger partial charge in [-0.25, -0.2) is 4.98 Å². The number of anilines is 3. The lowest BCUT2D eigenvalue weighted by atomic mass is 10.1. The second-order valence-corrected chi connectivity index (χ2v) is 6.21. The lowest BCUT2D eigenvalue weighted by Gasteiger charge is -2.26. The molecular formula is C20H17N3O. The van der Waals surface area contributed by atoms with E-state index in [2.05, 4.69) is 59.1 Å². The number of fused-ring (bicyclic) bond motifs is 4. The second kappa shape index (κ2) is 4.74. The van der Waals surface area contributed by atoms with Gasteiger partial charge in [0.05, 0.1) is 11.4 Å². The number of nitrogens with zero attached hydrogens (tertiary/aromatic N) is 3. The van der Waals surface area contributed by atoms with Gasteiger partial charge in [-0.15, -0.1) is 0 Å². The lowest BCUT2D eigenvalue weighted by molar-refractivity contribution is 0.661. The summed E-state index contributed by atoms with van der Waals surface area (Å²) in [4.78, 5) is 9.11. The molecular weight excluding hydrogens is 298 g/mol. The normalized spacial score (nSPS) is 17.0. The van der Waals surface area contributed by atoms with Crippen LogP contribution >= 0.6 is 0 Å². The summed E-state index contributed by atoms with van der Waals surface area (Å²) < 4.78 is 6.21. The van der Waals surface area contributed by atoms with Crippen molar-refractivity contribution in [1.29, 1.82) is 0 Å². The van der Waals surface area contributed by atoms with E-state index in [4.69, 9.17) is 4.42 Å². The minimum atomic E-state index is 0.175. The minimum Gasteiger partial charge on any atom is -0.454 e. The SMILES string of the molecule is CC1N(C)c2cccnc2N1c1cccc2c1oc1ccccc12. The Kier molecular flexibility index (Phi) is 2.65. The molecule has 118 valence electrons. The van der Waals surface area contributed by atoms with Gasteiger partial charge in [0, 0.05) is 24.0 Å². The van der Waals surface area contributed by atoms with Crippen LogP contribution in [-0.4, -0.2) is 18.2 Å². The Morgan fingerprint density at radius 3 is 2.62 bits per heavy atom. The summed E-state index contributed by atoms with van der Waals surface area (Å²) >= 11 is 0. The summed E-state index contributed by atoms with van der Waals surface area (Å²) in [5.41, 5.74) is 4.03. The van der Waals surface area contributed by atoms with Gasteiger partial charge in [0.1, 0.15) is 11.7 Å². The molecule has 5 rings (SSSR count). The first-order valence-corrected chi connectivity index (χ1v) is 8.13. The third-order valence-electron chi connectivity index (χ3n) is 4.95. The fraction of sp³-hybridized carbons (Fsp3) is 0.150. The molecule has 4 heteroatoms. The van der Waals surface area contributed by atoms with Crippen molar-refractivity contribution in [2.24, 2.45) is 0 Å². The molecule has 3 heterocycles. The van der Waals surface area contributed by atoms with Crippen molar-refractivity contribution in [3.05, 3.63) is 60.8 Å². The monoisotopic (exact) mass is 315 g/mol. The number of aromatic nitrogens is 1. The van der Waals surface area contributed by atoms with Gasteiger partial charge in [0.25, 0.3) is 0 Å². The van der Waals surface area contributed by atoms with Crippen LogP contribution in [0.15, 0.2) is 65.2 Å². The molecule has 1 unspecified atom stereocenters. The van der Waals surface area contributed by atoms with Crippen LogP contribution in [-0.2, 0) is 0 Å². The molecule has 0 radical (unpaired) electrons. The van der Waals surface area contributed by atoms with Crippen LogP contribution in [0.2, 0.25) is 0 Å². The van der Waals surface area contributed by atoms with E-state index >= 15 is 0 Å². The zero-order chi connectivity index (χ0) is 16.3. The molecule has 0 N–H and O–H groups in total. The molecule has 0 amide bonds. The Labute approximate surface area is 139 Å². The largest absolute Gasteiger partial charge is 0.454 e. The number of hydrogen-bond donors (Lipinski definition) is 0. The maximum atomic E-state index is 6.21. The standard InChI is InChI=1S/C20H17N3O/c1-13-22(2)17-10-6-12-21-20(17)23(13)16-9-5-8-15-14-7-3-4-11-18(14)24-19(15)16/h3-13H,1-2H3. The molecule has 0 spiro atoms. The van der Waals surface area contributed by atoms with Crippen molar-refractivity contribution in [3.63, 3.8) is 0 Å². The van der Waals surface area contributed by atoms with Crippen LogP contribution in [0.25, 0.3) is 21.9 Å². The predicted octanol–water partition coefficient (Wildman–Crippen LogP) is 4.91. The topological polar surface area (TPSA) is 32.5 Å². The number of benzene rings is 2. The molecule has 0 saturated carbocycles. The van der Waals surface area contributed by atoms with E-state index in [1.165, 1.54) is 0 Å². The first kappa shape index (κ1) is 13.4. The van der Waals surface area contributed by atoms with Gasteiger partial charge in [-0.3, -0.25) is 0 Å². The van der Waals surface area contributed by atoms with Crippen LogP contribution in [0, 0.1) is 0 Å². The molecule has 4 aromatic rings. The van der Waals surface area contributed by atoms with Crippen molar-refractivity contribution in [3.8, 4) is 0 Å². The van der Waals surface area contributed by atoms with Gasteiger partial charge in [-0.2, -0.15) is 0 Å². The minimum absolute atomic E-state index is 0.175. The summed E-state index contributed by atoms with van der Waals surface area (Å²) in [6, 6.07) is 18.6. The number of pyridine rings is 1. The van der Waals surface area contributed by atoms with Crippen LogP contribution in [0.1, 0.15) is 6.92 Å². The average Bonchev–Trinajstić information content (AvgIpc) is 3.12. The smallest absolute Gasteiger partial charge is 0.159 e. The van der Waals surface area contributed by atoms with E-state index in [9.17, 15) is 0 Å². The highest BCUT2D eigenvalue weighted by Crippen LogP contribution is 2.45. The van der Waals surface area contributed by atoms with Crippen molar-refractivity contribution in [1.82, 2.24) is 4.98 Å². The summed E-state index contributed by atoms with van der Waals surface area (Å²) in [5.74, 6) is 0.973. The Balaban J connectivity index is 1.81. The zero-order valence-corrected chi connectivity index (χ0v) is 13.6. The Hall–Kier alpha value is -3.01. The van der Waals surface area contributed by atoms with Gasteiger partial charge in [0.15, 0.2) is 11.4 Å². The molecule has 4 nitrogen and oxygen atoms in total. The Morgan fingerprint density at radius 1 is 0.917 bits per heavy atom. The number of furan rings is 1. The first-order valence-electron chi connectivity index (χ1n) is 8.13.